The van der Waals surface area contributed by atoms with E-state index in [4.69, 9.17) is 4.42 Å². The number of pyridine rings is 1. The first-order chi connectivity index (χ1) is 12.6. The fourth-order valence-corrected chi connectivity index (χ4v) is 3.26. The van der Waals surface area contributed by atoms with Gasteiger partial charge in [0.15, 0.2) is 11.3 Å². The number of aromatic nitrogens is 3. The van der Waals surface area contributed by atoms with Crippen LogP contribution in [0.3, 0.4) is 0 Å². The lowest BCUT2D eigenvalue weighted by Gasteiger charge is -2.03. The summed E-state index contributed by atoms with van der Waals surface area (Å²) in [5.41, 5.74) is 2.86. The van der Waals surface area contributed by atoms with E-state index in [0.29, 0.717) is 28.4 Å². The van der Waals surface area contributed by atoms with Crippen molar-refractivity contribution in [3.63, 3.8) is 0 Å². The highest BCUT2D eigenvalue weighted by atomic mass is 16.4. The zero-order chi connectivity index (χ0) is 17.8. The molecule has 3 heterocycles. The molecular formula is C19H16N4O3. The lowest BCUT2D eigenvalue weighted by molar-refractivity contribution is 0.102. The molecule has 7 nitrogen and oxygen atoms in total. The third kappa shape index (κ3) is 2.24. The van der Waals surface area contributed by atoms with Crippen molar-refractivity contribution in [3.8, 4) is 0 Å². The molecule has 1 saturated carbocycles. The fraction of sp³-hybridized carbons (Fsp3) is 0.211. The Morgan fingerprint density at radius 3 is 2.88 bits per heavy atom. The van der Waals surface area contributed by atoms with E-state index in [1.807, 2.05) is 28.8 Å². The van der Waals surface area contributed by atoms with Crippen molar-refractivity contribution in [3.05, 3.63) is 64.7 Å². The lowest BCUT2D eigenvalue weighted by Crippen LogP contribution is -2.13. The van der Waals surface area contributed by atoms with E-state index in [1.54, 1.807) is 25.2 Å². The molecule has 5 rings (SSSR count). The summed E-state index contributed by atoms with van der Waals surface area (Å²) in [5.74, 6) is 0.660. The number of nitrogens with zero attached hydrogens (tertiary/aromatic N) is 3. The van der Waals surface area contributed by atoms with Crippen molar-refractivity contribution in [2.45, 2.75) is 18.8 Å². The first kappa shape index (κ1) is 14.9. The smallest absolute Gasteiger partial charge is 0.408 e. The molecule has 1 amide bonds. The van der Waals surface area contributed by atoms with Gasteiger partial charge in [-0.2, -0.15) is 0 Å². The normalized spacial score (nSPS) is 14.2. The molecule has 1 fully saturated rings. The molecule has 3 aromatic heterocycles. The van der Waals surface area contributed by atoms with Crippen molar-refractivity contribution < 1.29 is 9.21 Å². The number of carbonyl (C=O) groups excluding carboxylic acids is 1. The fourth-order valence-electron chi connectivity index (χ4n) is 3.26. The van der Waals surface area contributed by atoms with Crippen LogP contribution in [0.15, 0.2) is 51.8 Å². The van der Waals surface area contributed by atoms with Gasteiger partial charge in [0.1, 0.15) is 5.82 Å². The number of imidazole rings is 1. The molecular weight excluding hydrogens is 332 g/mol. The van der Waals surface area contributed by atoms with Gasteiger partial charge in [-0.15, -0.1) is 0 Å². The Labute approximate surface area is 147 Å². The average molecular weight is 348 g/mol. The van der Waals surface area contributed by atoms with Gasteiger partial charge in [0.05, 0.1) is 11.0 Å². The van der Waals surface area contributed by atoms with Gasteiger partial charge in [0, 0.05) is 30.9 Å². The number of fused-ring (bicyclic) bond motifs is 2. The molecule has 0 aliphatic heterocycles. The molecule has 1 N–H and O–H groups in total. The highest BCUT2D eigenvalue weighted by Gasteiger charge is 2.30. The van der Waals surface area contributed by atoms with Gasteiger partial charge < -0.3 is 14.1 Å². The van der Waals surface area contributed by atoms with Gasteiger partial charge >= 0.3 is 5.76 Å². The summed E-state index contributed by atoms with van der Waals surface area (Å²) in [4.78, 5) is 29.0. The summed E-state index contributed by atoms with van der Waals surface area (Å²) in [6.45, 7) is 0. The number of anilines is 1. The van der Waals surface area contributed by atoms with Crippen LogP contribution < -0.4 is 11.1 Å². The summed E-state index contributed by atoms with van der Waals surface area (Å²) in [7, 11) is 1.64. The molecule has 0 saturated heterocycles. The van der Waals surface area contributed by atoms with Gasteiger partial charge in [0.2, 0.25) is 0 Å². The Kier molecular flexibility index (Phi) is 3.06. The maximum absolute atomic E-state index is 12.8. The number of carbonyl (C=O) groups is 1. The first-order valence-electron chi connectivity index (χ1n) is 8.50. The Hall–Kier alpha value is -3.35. The summed E-state index contributed by atoms with van der Waals surface area (Å²) in [5, 5.41) is 2.86. The minimum atomic E-state index is -0.433. The average Bonchev–Trinajstić information content (AvgIpc) is 3.35. The quantitative estimate of drug-likeness (QED) is 0.617. The van der Waals surface area contributed by atoms with Crippen molar-refractivity contribution >= 4 is 28.2 Å². The zero-order valence-corrected chi connectivity index (χ0v) is 14.1. The first-order valence-corrected chi connectivity index (χ1v) is 8.50. The zero-order valence-electron chi connectivity index (χ0n) is 14.1. The van der Waals surface area contributed by atoms with Crippen molar-refractivity contribution in [1.82, 2.24) is 14.0 Å². The number of benzene rings is 1. The van der Waals surface area contributed by atoms with E-state index in [2.05, 4.69) is 10.3 Å². The van der Waals surface area contributed by atoms with Crippen LogP contribution in [0.25, 0.3) is 16.6 Å². The topological polar surface area (TPSA) is 81.5 Å². The predicted molar refractivity (Wildman–Crippen MR) is 96.6 cm³/mol. The maximum Gasteiger partial charge on any atom is 0.419 e. The molecule has 0 radical (unpaired) electrons. The Morgan fingerprint density at radius 2 is 2.08 bits per heavy atom. The number of oxazole rings is 1. The maximum atomic E-state index is 12.8. The van der Waals surface area contributed by atoms with Gasteiger partial charge in [-0.25, -0.2) is 9.78 Å². The summed E-state index contributed by atoms with van der Waals surface area (Å²) in [6.07, 6.45) is 4.16. The third-order valence-electron chi connectivity index (χ3n) is 4.78. The second-order valence-electron chi connectivity index (χ2n) is 6.61. The highest BCUT2D eigenvalue weighted by Crippen LogP contribution is 2.40. The highest BCUT2D eigenvalue weighted by molar-refractivity contribution is 6.08. The monoisotopic (exact) mass is 348 g/mol. The van der Waals surface area contributed by atoms with Gasteiger partial charge in [0.25, 0.3) is 5.91 Å². The number of hydrogen-bond acceptors (Lipinski definition) is 4. The van der Waals surface area contributed by atoms with Crippen LogP contribution in [0.4, 0.5) is 5.69 Å². The molecule has 0 spiro atoms. The minimum Gasteiger partial charge on any atom is -0.408 e. The van der Waals surface area contributed by atoms with Crippen LogP contribution in [0, 0.1) is 0 Å². The minimum absolute atomic E-state index is 0.279. The van der Waals surface area contributed by atoms with E-state index in [9.17, 15) is 9.59 Å². The molecule has 0 atom stereocenters. The number of amides is 1. The van der Waals surface area contributed by atoms with Crippen molar-refractivity contribution in [2.24, 2.45) is 7.05 Å². The molecule has 130 valence electrons. The second-order valence-corrected chi connectivity index (χ2v) is 6.61. The van der Waals surface area contributed by atoms with Crippen molar-refractivity contribution in [1.29, 1.82) is 0 Å². The van der Waals surface area contributed by atoms with E-state index >= 15 is 0 Å². The molecule has 0 bridgehead atoms. The predicted octanol–water partition coefficient (Wildman–Crippen LogP) is 2.91. The second kappa shape index (κ2) is 5.32. The number of hydrogen-bond donors (Lipinski definition) is 1. The van der Waals surface area contributed by atoms with Crippen molar-refractivity contribution in [2.75, 3.05) is 5.32 Å². The number of nitrogens with one attached hydrogen (secondary N) is 1. The Morgan fingerprint density at radius 1 is 1.23 bits per heavy atom. The van der Waals surface area contributed by atoms with Crippen LogP contribution in [-0.2, 0) is 7.05 Å². The van der Waals surface area contributed by atoms with Gasteiger partial charge in [-0.05, 0) is 37.1 Å². The van der Waals surface area contributed by atoms with E-state index in [-0.39, 0.29) is 5.91 Å². The number of aryl methyl sites for hydroxylation is 1. The van der Waals surface area contributed by atoms with E-state index in [0.717, 1.165) is 24.2 Å². The summed E-state index contributed by atoms with van der Waals surface area (Å²) < 4.78 is 8.59. The van der Waals surface area contributed by atoms with E-state index < -0.39 is 5.76 Å². The summed E-state index contributed by atoms with van der Waals surface area (Å²) >= 11 is 0. The Balaban J connectivity index is 1.53. The number of rotatable bonds is 3. The molecule has 1 aliphatic carbocycles. The third-order valence-corrected chi connectivity index (χ3v) is 4.78. The van der Waals surface area contributed by atoms with Crippen LogP contribution in [0.5, 0.6) is 0 Å². The van der Waals surface area contributed by atoms with Crippen LogP contribution in [-0.4, -0.2) is 19.9 Å². The standard InChI is InChI=1S/C19H16N4O3/c1-22-13-8-7-12(10-15(13)26-19(22)25)20-18(24)16-14-4-2-3-9-23(14)17(21-16)11-5-6-11/h2-4,7-11H,5-6H2,1H3,(H,20,24). The Bertz CT molecular complexity index is 1230. The lowest BCUT2D eigenvalue weighted by atomic mass is 10.2. The SMILES string of the molecule is Cn1c(=O)oc2cc(NC(=O)c3nc(C4CC4)n4ccccc34)ccc21. The van der Waals surface area contributed by atoms with Crippen LogP contribution in [0.2, 0.25) is 0 Å². The van der Waals surface area contributed by atoms with Gasteiger partial charge in [-0.1, -0.05) is 6.07 Å². The summed E-state index contributed by atoms with van der Waals surface area (Å²) in [6, 6.07) is 10.9. The van der Waals surface area contributed by atoms with E-state index in [1.165, 1.54) is 4.57 Å². The largest absolute Gasteiger partial charge is 0.419 e. The molecule has 4 aromatic rings. The molecule has 0 unspecified atom stereocenters. The molecule has 1 aliphatic rings. The van der Waals surface area contributed by atoms with Crippen LogP contribution in [0.1, 0.15) is 35.1 Å². The molecule has 26 heavy (non-hydrogen) atoms. The van der Waals surface area contributed by atoms with Gasteiger partial charge in [-0.3, -0.25) is 9.36 Å². The molecule has 1 aromatic carbocycles. The molecule has 7 heteroatoms. The van der Waals surface area contributed by atoms with Crippen LogP contribution >= 0.6 is 0 Å².